The molecule has 1 saturated heterocycles. The summed E-state index contributed by atoms with van der Waals surface area (Å²) in [4.78, 5) is 19.0. The second-order valence-electron chi connectivity index (χ2n) is 7.31. The minimum Gasteiger partial charge on any atom is -0.368 e. The lowest BCUT2D eigenvalue weighted by Crippen LogP contribution is -2.48. The molecule has 0 radical (unpaired) electrons. The van der Waals surface area contributed by atoms with Gasteiger partial charge in [0.15, 0.2) is 9.84 Å². The smallest absolute Gasteiger partial charge is 0.264 e. The highest BCUT2D eigenvalue weighted by molar-refractivity contribution is 7.95. The number of hydrogen-bond acceptors (Lipinski definition) is 5. The van der Waals surface area contributed by atoms with E-state index in [1.807, 2.05) is 23.1 Å². The van der Waals surface area contributed by atoms with Gasteiger partial charge in [0.1, 0.15) is 0 Å². The van der Waals surface area contributed by atoms with Crippen molar-refractivity contribution in [1.29, 1.82) is 0 Å². The van der Waals surface area contributed by atoms with Gasteiger partial charge in [-0.15, -0.1) is 11.3 Å². The van der Waals surface area contributed by atoms with Gasteiger partial charge in [0.05, 0.1) is 15.5 Å². The maximum atomic E-state index is 13.2. The van der Waals surface area contributed by atoms with Crippen LogP contribution >= 0.6 is 11.3 Å². The predicted octanol–water partition coefficient (Wildman–Crippen LogP) is 4.11. The molecule has 5 nitrogen and oxygen atoms in total. The maximum Gasteiger partial charge on any atom is 0.264 e. The summed E-state index contributed by atoms with van der Waals surface area (Å²) < 4.78 is 25.3. The Morgan fingerprint density at radius 2 is 1.83 bits per heavy atom. The van der Waals surface area contributed by atoms with E-state index in [-0.39, 0.29) is 11.7 Å². The van der Waals surface area contributed by atoms with Gasteiger partial charge in [0, 0.05) is 42.3 Å². The van der Waals surface area contributed by atoms with Crippen LogP contribution in [0.25, 0.3) is 5.57 Å². The Hall–Kier alpha value is -2.64. The Kier molecular flexibility index (Phi) is 5.66. The Bertz CT molecular complexity index is 1140. The van der Waals surface area contributed by atoms with Crippen LogP contribution in [0.2, 0.25) is 0 Å². The molecular weight excluding hydrogens is 416 g/mol. The number of fused-ring (bicyclic) bond motifs is 1. The van der Waals surface area contributed by atoms with Gasteiger partial charge in [-0.05, 0) is 30.7 Å². The van der Waals surface area contributed by atoms with Crippen LogP contribution in [0.5, 0.6) is 0 Å². The topological polar surface area (TPSA) is 57.7 Å². The van der Waals surface area contributed by atoms with E-state index in [0.717, 1.165) is 18.0 Å². The molecular formula is C23H24N2O3S2. The van der Waals surface area contributed by atoms with Crippen LogP contribution in [-0.4, -0.2) is 45.4 Å². The summed E-state index contributed by atoms with van der Waals surface area (Å²) in [5.74, 6) is -0.0957. The molecule has 1 aromatic carbocycles. The average molecular weight is 441 g/mol. The van der Waals surface area contributed by atoms with Gasteiger partial charge >= 0.3 is 0 Å². The van der Waals surface area contributed by atoms with Crippen molar-refractivity contribution in [3.05, 3.63) is 81.4 Å². The zero-order chi connectivity index (χ0) is 21.3. The van der Waals surface area contributed by atoms with Crippen LogP contribution in [0.3, 0.4) is 0 Å². The highest BCUT2D eigenvalue weighted by Crippen LogP contribution is 2.42. The number of rotatable bonds is 3. The number of allylic oxidation sites excluding steroid dienone is 4. The summed E-state index contributed by atoms with van der Waals surface area (Å²) in [6, 6.07) is 12.0. The Morgan fingerprint density at radius 1 is 1.13 bits per heavy atom. The van der Waals surface area contributed by atoms with E-state index in [4.69, 9.17) is 0 Å². The summed E-state index contributed by atoms with van der Waals surface area (Å²) in [6.07, 6.45) is 4.93. The van der Waals surface area contributed by atoms with Crippen molar-refractivity contribution < 1.29 is 13.2 Å². The number of hydrogen-bond donors (Lipinski definition) is 0. The summed E-state index contributed by atoms with van der Waals surface area (Å²) in [6.45, 7) is 8.28. The average Bonchev–Trinajstić information content (AvgIpc) is 3.17. The quantitative estimate of drug-likeness (QED) is 0.721. The SMILES string of the molecule is C=C/C=C1\C(=C/C)S(=O)(=O)Cc2cc(C(=O)N3CCN(c4ccccc4)CC3)sc21. The fourth-order valence-electron chi connectivity index (χ4n) is 4.00. The first-order chi connectivity index (χ1) is 14.4. The molecule has 2 aromatic rings. The number of nitrogens with zero attached hydrogens (tertiary/aromatic N) is 2. The van der Waals surface area contributed by atoms with Gasteiger partial charge in [0.2, 0.25) is 0 Å². The zero-order valence-corrected chi connectivity index (χ0v) is 18.5. The minimum atomic E-state index is -3.41. The summed E-state index contributed by atoms with van der Waals surface area (Å²) in [5.41, 5.74) is 2.50. The molecule has 0 saturated carbocycles. The van der Waals surface area contributed by atoms with E-state index in [2.05, 4.69) is 23.6 Å². The standard InChI is InChI=1S/C23H24N2O3S2/c1-3-8-19-21(4-2)30(27,28)16-17-15-20(29-22(17)19)23(26)25-13-11-24(12-14-25)18-9-6-5-7-10-18/h3-10,15H,1,11-14,16H2,2H3/b19-8+,21-4+. The van der Waals surface area contributed by atoms with E-state index in [0.29, 0.717) is 34.0 Å². The van der Waals surface area contributed by atoms with E-state index < -0.39 is 9.84 Å². The van der Waals surface area contributed by atoms with Crippen LogP contribution < -0.4 is 4.90 Å². The lowest BCUT2D eigenvalue weighted by Gasteiger charge is -2.36. The van der Waals surface area contributed by atoms with Crippen molar-refractivity contribution in [1.82, 2.24) is 4.90 Å². The summed E-state index contributed by atoms with van der Waals surface area (Å²) in [7, 11) is -3.41. The number of para-hydroxylation sites is 1. The van der Waals surface area contributed by atoms with Crippen molar-refractivity contribution in [2.45, 2.75) is 12.7 Å². The van der Waals surface area contributed by atoms with Gasteiger partial charge in [-0.2, -0.15) is 0 Å². The Balaban J connectivity index is 1.56. The van der Waals surface area contributed by atoms with Crippen LogP contribution in [0.1, 0.15) is 27.0 Å². The molecule has 7 heteroatoms. The zero-order valence-electron chi connectivity index (χ0n) is 16.9. The second-order valence-corrected chi connectivity index (χ2v) is 10.3. The van der Waals surface area contributed by atoms with Gasteiger partial charge in [0.25, 0.3) is 5.91 Å². The van der Waals surface area contributed by atoms with Crippen LogP contribution in [-0.2, 0) is 15.6 Å². The molecule has 4 rings (SSSR count). The second kappa shape index (κ2) is 8.24. The number of carbonyl (C=O) groups is 1. The number of thiophene rings is 1. The molecule has 1 aromatic heterocycles. The van der Waals surface area contributed by atoms with Crippen LogP contribution in [0.4, 0.5) is 5.69 Å². The molecule has 0 aliphatic carbocycles. The normalized spacial score (nSPS) is 21.0. The highest BCUT2D eigenvalue weighted by Gasteiger charge is 2.34. The first kappa shape index (κ1) is 20.6. The fourth-order valence-corrected chi connectivity index (χ4v) is 7.00. The molecule has 3 heterocycles. The van der Waals surface area contributed by atoms with Crippen molar-refractivity contribution in [2.75, 3.05) is 31.1 Å². The van der Waals surface area contributed by atoms with Gasteiger partial charge in [-0.3, -0.25) is 4.79 Å². The first-order valence-corrected chi connectivity index (χ1v) is 12.4. The Labute approximate surface area is 181 Å². The molecule has 1 fully saturated rings. The number of anilines is 1. The molecule has 156 valence electrons. The largest absolute Gasteiger partial charge is 0.368 e. The highest BCUT2D eigenvalue weighted by atomic mass is 32.2. The summed E-state index contributed by atoms with van der Waals surface area (Å²) >= 11 is 1.38. The van der Waals surface area contributed by atoms with Crippen LogP contribution in [0.15, 0.2) is 66.1 Å². The third-order valence-corrected chi connectivity index (χ3v) is 8.46. The maximum absolute atomic E-state index is 13.2. The molecule has 0 N–H and O–H groups in total. The van der Waals surface area contributed by atoms with Crippen molar-refractivity contribution >= 4 is 38.3 Å². The van der Waals surface area contributed by atoms with Crippen LogP contribution in [0, 0.1) is 0 Å². The molecule has 2 aliphatic heterocycles. The molecule has 0 unspecified atom stereocenters. The van der Waals surface area contributed by atoms with Gasteiger partial charge < -0.3 is 9.80 Å². The van der Waals surface area contributed by atoms with E-state index in [9.17, 15) is 13.2 Å². The molecule has 0 spiro atoms. The monoisotopic (exact) mass is 440 g/mol. The molecule has 1 amide bonds. The van der Waals surface area contributed by atoms with E-state index >= 15 is 0 Å². The lowest BCUT2D eigenvalue weighted by molar-refractivity contribution is 0.0751. The number of amides is 1. The lowest BCUT2D eigenvalue weighted by atomic mass is 10.1. The van der Waals surface area contributed by atoms with Crippen molar-refractivity contribution in [2.24, 2.45) is 0 Å². The molecule has 0 atom stereocenters. The van der Waals surface area contributed by atoms with Gasteiger partial charge in [-0.1, -0.05) is 43.0 Å². The number of piperazine rings is 1. The first-order valence-electron chi connectivity index (χ1n) is 9.89. The molecule has 0 bridgehead atoms. The number of carbonyl (C=O) groups excluding carboxylic acids is 1. The number of benzene rings is 1. The number of sulfone groups is 1. The molecule has 30 heavy (non-hydrogen) atoms. The Morgan fingerprint density at radius 3 is 2.47 bits per heavy atom. The van der Waals surface area contributed by atoms with Gasteiger partial charge in [-0.25, -0.2) is 8.42 Å². The van der Waals surface area contributed by atoms with E-state index in [1.54, 1.807) is 31.2 Å². The molecule has 2 aliphatic rings. The van der Waals surface area contributed by atoms with Crippen molar-refractivity contribution in [3.8, 4) is 0 Å². The fraction of sp³-hybridized carbons (Fsp3) is 0.261. The third kappa shape index (κ3) is 3.75. The van der Waals surface area contributed by atoms with Crippen molar-refractivity contribution in [3.63, 3.8) is 0 Å². The third-order valence-electron chi connectivity index (χ3n) is 5.45. The minimum absolute atomic E-state index is 0.0282. The predicted molar refractivity (Wildman–Crippen MR) is 123 cm³/mol. The summed E-state index contributed by atoms with van der Waals surface area (Å²) in [5, 5.41) is 0. The van der Waals surface area contributed by atoms with E-state index in [1.165, 1.54) is 17.0 Å².